The monoisotopic (exact) mass is 386 g/mol. The molecule has 0 aliphatic heterocycles. The van der Waals surface area contributed by atoms with Crippen molar-refractivity contribution in [2.75, 3.05) is 18.6 Å². The van der Waals surface area contributed by atoms with Crippen LogP contribution in [-0.4, -0.2) is 29.0 Å². The van der Waals surface area contributed by atoms with Crippen LogP contribution in [0.1, 0.15) is 18.9 Å². The summed E-state index contributed by atoms with van der Waals surface area (Å²) in [5.41, 5.74) is 3.46. The number of ether oxygens (including phenoxy) is 1. The summed E-state index contributed by atoms with van der Waals surface area (Å²) in [6.45, 7) is 3.44. The van der Waals surface area contributed by atoms with Crippen molar-refractivity contribution >= 4 is 23.1 Å². The normalized spacial score (nSPS) is 11.4. The summed E-state index contributed by atoms with van der Waals surface area (Å²) < 4.78 is 33.1. The average Bonchev–Trinajstić information content (AvgIpc) is 2.70. The number of rotatable bonds is 8. The number of nitrogens with zero attached hydrogens (tertiary/aromatic N) is 3. The second-order valence-corrected chi connectivity index (χ2v) is 6.00. The van der Waals surface area contributed by atoms with Crippen LogP contribution in [0.5, 0.6) is 0 Å². The molecule has 0 atom stereocenters. The highest BCUT2D eigenvalue weighted by molar-refractivity contribution is 5.81. The first-order chi connectivity index (χ1) is 13.6. The lowest BCUT2D eigenvalue weighted by molar-refractivity contribution is 0.141. The molecule has 2 aromatic carbocycles. The molecule has 0 unspecified atom stereocenters. The third kappa shape index (κ3) is 4.58. The number of anilines is 1. The lowest BCUT2D eigenvalue weighted by Crippen LogP contribution is -2.25. The minimum absolute atomic E-state index is 0.187. The molecule has 28 heavy (non-hydrogen) atoms. The Hall–Kier alpha value is -3.13. The lowest BCUT2D eigenvalue weighted by atomic mass is 10.2. The van der Waals surface area contributed by atoms with Gasteiger partial charge in [0.1, 0.15) is 0 Å². The molecule has 1 N–H and O–H groups in total. The molecule has 146 valence electrons. The zero-order valence-electron chi connectivity index (χ0n) is 15.4. The highest BCUT2D eigenvalue weighted by Gasteiger charge is 2.10. The molecule has 8 heteroatoms. The van der Waals surface area contributed by atoms with Gasteiger partial charge in [0.05, 0.1) is 17.1 Å². The molecule has 3 rings (SSSR count). The number of para-hydroxylation sites is 1. The third-order valence-corrected chi connectivity index (χ3v) is 4.06. The average molecular weight is 386 g/mol. The number of nitrogens with one attached hydrogen (secondary N) is 1. The van der Waals surface area contributed by atoms with Crippen LogP contribution < -0.4 is 11.0 Å². The maximum absolute atomic E-state index is 13.3. The second kappa shape index (κ2) is 9.18. The van der Waals surface area contributed by atoms with Crippen LogP contribution in [0.15, 0.2) is 52.4 Å². The molecule has 1 heterocycles. The number of halogens is 2. The maximum Gasteiger partial charge on any atom is 0.262 e. The first-order valence-corrected chi connectivity index (χ1v) is 8.91. The molecular formula is C20H20F2N4O2. The van der Waals surface area contributed by atoms with Gasteiger partial charge in [0, 0.05) is 19.8 Å². The Morgan fingerprint density at radius 2 is 2.04 bits per heavy atom. The highest BCUT2D eigenvalue weighted by Crippen LogP contribution is 2.12. The van der Waals surface area contributed by atoms with Crippen molar-refractivity contribution in [3.8, 4) is 0 Å². The van der Waals surface area contributed by atoms with Crippen LogP contribution in [0.4, 0.5) is 14.7 Å². The fraction of sp³-hybridized carbons (Fsp3) is 0.250. The largest absolute Gasteiger partial charge is 0.382 e. The van der Waals surface area contributed by atoms with Gasteiger partial charge in [-0.05, 0) is 43.2 Å². The van der Waals surface area contributed by atoms with Crippen molar-refractivity contribution in [3.05, 3.63) is 70.0 Å². The van der Waals surface area contributed by atoms with Crippen LogP contribution >= 0.6 is 0 Å². The summed E-state index contributed by atoms with van der Waals surface area (Å²) in [5.74, 6) is -1.62. The molecular weight excluding hydrogens is 366 g/mol. The molecule has 0 aliphatic carbocycles. The minimum Gasteiger partial charge on any atom is -0.382 e. The fourth-order valence-corrected chi connectivity index (χ4v) is 2.69. The zero-order chi connectivity index (χ0) is 19.9. The standard InChI is InChI=1S/C20H20F2N4O2/c1-2-28-11-5-10-26-19(27)15-6-3-4-7-18(15)24-20(26)25-23-13-14-8-9-16(21)17(22)12-14/h3-4,6-9,12-13H,2,5,10-11H2,1H3,(H,24,25)/b23-13-. The van der Waals surface area contributed by atoms with Crippen molar-refractivity contribution in [2.45, 2.75) is 19.9 Å². The number of aromatic nitrogens is 2. The Kier molecular flexibility index (Phi) is 6.44. The van der Waals surface area contributed by atoms with Crippen molar-refractivity contribution in [1.29, 1.82) is 0 Å². The van der Waals surface area contributed by atoms with E-state index in [0.29, 0.717) is 42.6 Å². The van der Waals surface area contributed by atoms with E-state index in [2.05, 4.69) is 15.5 Å². The zero-order valence-corrected chi connectivity index (χ0v) is 15.4. The molecule has 1 aromatic heterocycles. The van der Waals surface area contributed by atoms with E-state index >= 15 is 0 Å². The number of hydrogen-bond acceptors (Lipinski definition) is 5. The Bertz CT molecular complexity index is 1050. The maximum atomic E-state index is 13.3. The van der Waals surface area contributed by atoms with Crippen molar-refractivity contribution in [3.63, 3.8) is 0 Å². The predicted molar refractivity (Wildman–Crippen MR) is 105 cm³/mol. The van der Waals surface area contributed by atoms with Gasteiger partial charge < -0.3 is 4.74 Å². The molecule has 0 aliphatic rings. The number of fused-ring (bicyclic) bond motifs is 1. The van der Waals surface area contributed by atoms with Crippen molar-refractivity contribution < 1.29 is 13.5 Å². The van der Waals surface area contributed by atoms with Crippen LogP contribution in [0, 0.1) is 11.6 Å². The summed E-state index contributed by atoms with van der Waals surface area (Å²) in [5, 5.41) is 4.53. The van der Waals surface area contributed by atoms with Gasteiger partial charge >= 0.3 is 0 Å². The minimum atomic E-state index is -0.958. The molecule has 0 amide bonds. The first-order valence-electron chi connectivity index (χ1n) is 8.91. The van der Waals surface area contributed by atoms with E-state index in [-0.39, 0.29) is 11.5 Å². The summed E-state index contributed by atoms with van der Waals surface area (Å²) in [4.78, 5) is 17.3. The Labute approximate surface area is 160 Å². The topological polar surface area (TPSA) is 68.5 Å². The Morgan fingerprint density at radius 3 is 2.82 bits per heavy atom. The first kappa shape index (κ1) is 19.6. The molecule has 0 spiro atoms. The quantitative estimate of drug-likeness (QED) is 0.365. The summed E-state index contributed by atoms with van der Waals surface area (Å²) >= 11 is 0. The molecule has 0 saturated carbocycles. The molecule has 6 nitrogen and oxygen atoms in total. The van der Waals surface area contributed by atoms with Gasteiger partial charge in [0.15, 0.2) is 11.6 Å². The van der Waals surface area contributed by atoms with Crippen LogP contribution in [0.3, 0.4) is 0 Å². The third-order valence-electron chi connectivity index (χ3n) is 4.06. The van der Waals surface area contributed by atoms with Crippen molar-refractivity contribution in [2.24, 2.45) is 5.10 Å². The summed E-state index contributed by atoms with van der Waals surface area (Å²) in [6, 6.07) is 10.5. The van der Waals surface area contributed by atoms with Crippen molar-refractivity contribution in [1.82, 2.24) is 9.55 Å². The Morgan fingerprint density at radius 1 is 1.21 bits per heavy atom. The van der Waals surface area contributed by atoms with Gasteiger partial charge in [-0.15, -0.1) is 0 Å². The van der Waals surface area contributed by atoms with E-state index in [1.807, 2.05) is 6.92 Å². The lowest BCUT2D eigenvalue weighted by Gasteiger charge is -2.12. The fourth-order valence-electron chi connectivity index (χ4n) is 2.69. The van der Waals surface area contributed by atoms with Crippen LogP contribution in [0.25, 0.3) is 10.9 Å². The van der Waals surface area contributed by atoms with Gasteiger partial charge in [-0.1, -0.05) is 18.2 Å². The van der Waals surface area contributed by atoms with Crippen LogP contribution in [-0.2, 0) is 11.3 Å². The van der Waals surface area contributed by atoms with E-state index in [1.165, 1.54) is 16.8 Å². The van der Waals surface area contributed by atoms with Gasteiger partial charge in [-0.3, -0.25) is 9.36 Å². The van der Waals surface area contributed by atoms with Gasteiger partial charge in [-0.25, -0.2) is 19.2 Å². The molecule has 0 saturated heterocycles. The summed E-state index contributed by atoms with van der Waals surface area (Å²) in [6.07, 6.45) is 1.96. The van der Waals surface area contributed by atoms with E-state index in [1.54, 1.807) is 24.3 Å². The van der Waals surface area contributed by atoms with Gasteiger partial charge in [0.25, 0.3) is 5.56 Å². The highest BCUT2D eigenvalue weighted by atomic mass is 19.2. The van der Waals surface area contributed by atoms with E-state index < -0.39 is 11.6 Å². The number of hydrogen-bond donors (Lipinski definition) is 1. The van der Waals surface area contributed by atoms with Gasteiger partial charge in [0.2, 0.25) is 5.95 Å². The molecule has 0 fully saturated rings. The number of hydrazone groups is 1. The second-order valence-electron chi connectivity index (χ2n) is 6.00. The number of benzene rings is 2. The molecule has 3 aromatic rings. The summed E-state index contributed by atoms with van der Waals surface area (Å²) in [7, 11) is 0. The predicted octanol–water partition coefficient (Wildman–Crippen LogP) is 3.55. The van der Waals surface area contributed by atoms with E-state index in [0.717, 1.165) is 12.1 Å². The van der Waals surface area contributed by atoms with Gasteiger partial charge in [-0.2, -0.15) is 5.10 Å². The SMILES string of the molecule is CCOCCCn1c(N/N=C\c2ccc(F)c(F)c2)nc2ccccc2c1=O. The van der Waals surface area contributed by atoms with E-state index in [4.69, 9.17) is 4.74 Å². The molecule has 0 radical (unpaired) electrons. The Balaban J connectivity index is 1.87. The van der Waals surface area contributed by atoms with E-state index in [9.17, 15) is 13.6 Å². The molecule has 0 bridgehead atoms. The smallest absolute Gasteiger partial charge is 0.262 e. The van der Waals surface area contributed by atoms with Crippen LogP contribution in [0.2, 0.25) is 0 Å².